The smallest absolute Gasteiger partial charge is 0.249 e. The van der Waals surface area contributed by atoms with Crippen molar-refractivity contribution in [2.75, 3.05) is 0 Å². The molecule has 0 N–H and O–H groups in total. The Morgan fingerprint density at radius 1 is 1.25 bits per heavy atom. The van der Waals surface area contributed by atoms with Crippen LogP contribution in [0.1, 0.15) is 37.8 Å². The van der Waals surface area contributed by atoms with E-state index >= 15 is 0 Å². The molecule has 6 heteroatoms. The number of carbonyl (C=O) groups excluding carboxylic acids is 1. The minimum Gasteiger partial charge on any atom is -0.272 e. The summed E-state index contributed by atoms with van der Waals surface area (Å²) in [6, 6.07) is 5.22. The van der Waals surface area contributed by atoms with Gasteiger partial charge in [-0.15, -0.1) is 0 Å². The van der Waals surface area contributed by atoms with E-state index in [1.807, 2.05) is 6.07 Å². The summed E-state index contributed by atoms with van der Waals surface area (Å²) in [5, 5.41) is 5.69. The predicted octanol–water partition coefficient (Wildman–Crippen LogP) is 2.60. The maximum Gasteiger partial charge on any atom is 0.249 e. The van der Waals surface area contributed by atoms with E-state index in [4.69, 9.17) is 0 Å². The van der Waals surface area contributed by atoms with Crippen molar-refractivity contribution >= 4 is 11.6 Å². The second-order valence-corrected chi connectivity index (χ2v) is 5.26. The molecule has 0 atom stereocenters. The Hall–Kier alpha value is -1.85. The topological polar surface area (TPSA) is 45.6 Å². The monoisotopic (exact) mass is 279 g/mol. The third-order valence-electron chi connectivity index (χ3n) is 3.80. The first-order chi connectivity index (χ1) is 9.55. The Morgan fingerprint density at radius 2 is 2.00 bits per heavy atom. The Bertz CT molecular complexity index is 535. The summed E-state index contributed by atoms with van der Waals surface area (Å²) in [5.74, 6) is -2.71. The molecule has 0 saturated heterocycles. The van der Waals surface area contributed by atoms with Gasteiger partial charge in [0.2, 0.25) is 11.8 Å². The SMILES string of the molecule is O=C1CC(c2ccccn2)=NN1C1CCC(F)(F)CC1. The number of carbonyl (C=O) groups is 1. The highest BCUT2D eigenvalue weighted by molar-refractivity contribution is 6.12. The van der Waals surface area contributed by atoms with E-state index in [9.17, 15) is 13.6 Å². The highest BCUT2D eigenvalue weighted by Crippen LogP contribution is 2.36. The van der Waals surface area contributed by atoms with Crippen molar-refractivity contribution < 1.29 is 13.6 Å². The van der Waals surface area contributed by atoms with Crippen molar-refractivity contribution in [2.45, 2.75) is 44.1 Å². The molecule has 1 saturated carbocycles. The molecule has 0 bridgehead atoms. The van der Waals surface area contributed by atoms with E-state index in [0.717, 1.165) is 0 Å². The zero-order chi connectivity index (χ0) is 14.2. The van der Waals surface area contributed by atoms with Crippen LogP contribution >= 0.6 is 0 Å². The summed E-state index contributed by atoms with van der Waals surface area (Å²) < 4.78 is 26.3. The Morgan fingerprint density at radius 3 is 2.65 bits per heavy atom. The summed E-state index contributed by atoms with van der Waals surface area (Å²) in [4.78, 5) is 16.2. The normalized spacial score (nSPS) is 23.0. The fourth-order valence-electron chi connectivity index (χ4n) is 2.68. The number of hydrogen-bond acceptors (Lipinski definition) is 3. The number of hydrogen-bond donors (Lipinski definition) is 0. The van der Waals surface area contributed by atoms with Crippen LogP contribution in [0, 0.1) is 0 Å². The molecule has 2 aliphatic rings. The summed E-state index contributed by atoms with van der Waals surface area (Å²) in [6.07, 6.45) is 2.11. The molecule has 106 valence electrons. The van der Waals surface area contributed by atoms with Crippen molar-refractivity contribution in [1.29, 1.82) is 0 Å². The lowest BCUT2D eigenvalue weighted by Crippen LogP contribution is -2.39. The average Bonchev–Trinajstić information content (AvgIpc) is 2.82. The Balaban J connectivity index is 1.75. The number of hydrazone groups is 1. The lowest BCUT2D eigenvalue weighted by atomic mass is 9.92. The van der Waals surface area contributed by atoms with Gasteiger partial charge < -0.3 is 0 Å². The second kappa shape index (κ2) is 4.92. The number of nitrogens with zero attached hydrogens (tertiary/aromatic N) is 3. The van der Waals surface area contributed by atoms with E-state index in [2.05, 4.69) is 10.1 Å². The molecule has 4 nitrogen and oxygen atoms in total. The van der Waals surface area contributed by atoms with E-state index in [-0.39, 0.29) is 31.2 Å². The minimum atomic E-state index is -2.59. The van der Waals surface area contributed by atoms with E-state index < -0.39 is 5.92 Å². The summed E-state index contributed by atoms with van der Waals surface area (Å²) in [5.41, 5.74) is 1.29. The molecule has 0 spiro atoms. The zero-order valence-electron chi connectivity index (χ0n) is 10.9. The first-order valence-electron chi connectivity index (χ1n) is 6.74. The standard InChI is InChI=1S/C14H15F2N3O/c15-14(16)6-4-10(5-7-14)19-13(20)9-12(18-19)11-3-1-2-8-17-11/h1-3,8,10H,4-7,9H2. The van der Waals surface area contributed by atoms with Gasteiger partial charge >= 0.3 is 0 Å². The molecule has 1 aromatic rings. The van der Waals surface area contributed by atoms with Gasteiger partial charge in [0.15, 0.2) is 0 Å². The quantitative estimate of drug-likeness (QED) is 0.835. The van der Waals surface area contributed by atoms with Crippen LogP contribution in [0.2, 0.25) is 0 Å². The zero-order valence-corrected chi connectivity index (χ0v) is 10.9. The van der Waals surface area contributed by atoms with Crippen LogP contribution in [0.5, 0.6) is 0 Å². The minimum absolute atomic E-state index is 0.124. The molecule has 1 amide bonds. The molecule has 2 heterocycles. The number of amides is 1. The molecule has 1 aliphatic carbocycles. The van der Waals surface area contributed by atoms with Crippen LogP contribution in [0.25, 0.3) is 0 Å². The third kappa shape index (κ3) is 2.55. The molecule has 0 unspecified atom stereocenters. The van der Waals surface area contributed by atoms with Crippen LogP contribution in [0.15, 0.2) is 29.5 Å². The van der Waals surface area contributed by atoms with Crippen molar-refractivity contribution in [3.63, 3.8) is 0 Å². The van der Waals surface area contributed by atoms with Gasteiger partial charge in [-0.1, -0.05) is 6.07 Å². The van der Waals surface area contributed by atoms with Crippen molar-refractivity contribution in [3.8, 4) is 0 Å². The van der Waals surface area contributed by atoms with Gasteiger partial charge in [0.05, 0.1) is 23.9 Å². The predicted molar refractivity (Wildman–Crippen MR) is 69.4 cm³/mol. The summed E-state index contributed by atoms with van der Waals surface area (Å²) >= 11 is 0. The average molecular weight is 279 g/mol. The first-order valence-corrected chi connectivity index (χ1v) is 6.74. The van der Waals surface area contributed by atoms with Crippen LogP contribution in [-0.2, 0) is 4.79 Å². The molecule has 3 rings (SSSR count). The summed E-state index contributed by atoms with van der Waals surface area (Å²) in [6.45, 7) is 0. The van der Waals surface area contributed by atoms with Gasteiger partial charge in [0.1, 0.15) is 0 Å². The lowest BCUT2D eigenvalue weighted by molar-refractivity contribution is -0.133. The maximum absolute atomic E-state index is 13.2. The maximum atomic E-state index is 13.2. The molecule has 1 aromatic heterocycles. The van der Waals surface area contributed by atoms with Crippen molar-refractivity contribution in [2.24, 2.45) is 5.10 Å². The number of pyridine rings is 1. The van der Waals surface area contributed by atoms with Crippen LogP contribution in [0.3, 0.4) is 0 Å². The molecular weight excluding hydrogens is 264 g/mol. The van der Waals surface area contributed by atoms with Crippen molar-refractivity contribution in [1.82, 2.24) is 9.99 Å². The second-order valence-electron chi connectivity index (χ2n) is 5.26. The Kier molecular flexibility index (Phi) is 3.23. The molecule has 20 heavy (non-hydrogen) atoms. The number of rotatable bonds is 2. The number of aromatic nitrogens is 1. The molecule has 0 radical (unpaired) electrons. The van der Waals surface area contributed by atoms with Gasteiger partial charge in [0.25, 0.3) is 0 Å². The third-order valence-corrected chi connectivity index (χ3v) is 3.80. The van der Waals surface area contributed by atoms with Gasteiger partial charge in [-0.3, -0.25) is 9.78 Å². The molecular formula is C14H15F2N3O. The van der Waals surface area contributed by atoms with Gasteiger partial charge in [-0.2, -0.15) is 5.10 Å². The first kappa shape index (κ1) is 13.1. The highest BCUT2D eigenvalue weighted by atomic mass is 19.3. The van der Waals surface area contributed by atoms with Gasteiger partial charge in [-0.25, -0.2) is 13.8 Å². The van der Waals surface area contributed by atoms with Crippen molar-refractivity contribution in [3.05, 3.63) is 30.1 Å². The number of halogens is 2. The largest absolute Gasteiger partial charge is 0.272 e. The van der Waals surface area contributed by atoms with Gasteiger partial charge in [-0.05, 0) is 25.0 Å². The Labute approximate surface area is 115 Å². The number of alkyl halides is 2. The van der Waals surface area contributed by atoms with Crippen LogP contribution in [0.4, 0.5) is 8.78 Å². The summed E-state index contributed by atoms with van der Waals surface area (Å²) in [7, 11) is 0. The van der Waals surface area contributed by atoms with Crippen LogP contribution in [-0.4, -0.2) is 33.6 Å². The van der Waals surface area contributed by atoms with Crippen LogP contribution < -0.4 is 0 Å². The van der Waals surface area contributed by atoms with Gasteiger partial charge in [0, 0.05) is 19.0 Å². The highest BCUT2D eigenvalue weighted by Gasteiger charge is 2.40. The fraction of sp³-hybridized carbons (Fsp3) is 0.500. The molecule has 1 fully saturated rings. The van der Waals surface area contributed by atoms with E-state index in [1.54, 1.807) is 18.3 Å². The van der Waals surface area contributed by atoms with E-state index in [1.165, 1.54) is 5.01 Å². The molecule has 0 aromatic carbocycles. The fourth-order valence-corrected chi connectivity index (χ4v) is 2.68. The van der Waals surface area contributed by atoms with E-state index in [0.29, 0.717) is 24.2 Å². The molecule has 1 aliphatic heterocycles. The lowest BCUT2D eigenvalue weighted by Gasteiger charge is -2.32.